The maximum Gasteiger partial charge on any atom is 0.243 e. The second kappa shape index (κ2) is 8.90. The predicted octanol–water partition coefficient (Wildman–Crippen LogP) is 1.08. The maximum absolute atomic E-state index is 12.7. The van der Waals surface area contributed by atoms with Gasteiger partial charge in [-0.05, 0) is 38.0 Å². The molecule has 0 atom stereocenters. The number of carbonyl (C=O) groups excluding carboxylic acids is 2. The average Bonchev–Trinajstić information content (AvgIpc) is 2.63. The van der Waals surface area contributed by atoms with Crippen LogP contribution in [0.5, 0.6) is 5.75 Å². The van der Waals surface area contributed by atoms with E-state index in [9.17, 15) is 18.0 Å². The molecular weight excluding hydrogens is 394 g/mol. The molecule has 8 nitrogen and oxygen atoms in total. The number of amides is 2. The Kier molecular flexibility index (Phi) is 7.07. The minimum absolute atomic E-state index is 0.0151. The van der Waals surface area contributed by atoms with Crippen LogP contribution >= 0.6 is 11.6 Å². The van der Waals surface area contributed by atoms with E-state index in [1.54, 1.807) is 11.8 Å². The zero-order valence-electron chi connectivity index (χ0n) is 15.4. The lowest BCUT2D eigenvalue weighted by Gasteiger charge is -2.31. The molecule has 0 radical (unpaired) electrons. The third-order valence-corrected chi connectivity index (χ3v) is 6.61. The van der Waals surface area contributed by atoms with Gasteiger partial charge in [0.1, 0.15) is 5.75 Å². The molecule has 2 N–H and O–H groups in total. The van der Waals surface area contributed by atoms with E-state index in [-0.39, 0.29) is 34.2 Å². The molecular formula is C17H24ClN3O5S. The molecule has 1 aliphatic rings. The molecule has 1 fully saturated rings. The van der Waals surface area contributed by atoms with E-state index in [1.807, 2.05) is 0 Å². The first-order valence-electron chi connectivity index (χ1n) is 8.62. The van der Waals surface area contributed by atoms with Crippen LogP contribution < -0.4 is 10.5 Å². The third-order valence-electron chi connectivity index (χ3n) is 4.52. The Balaban J connectivity index is 2.04. The van der Waals surface area contributed by atoms with Gasteiger partial charge < -0.3 is 15.4 Å². The van der Waals surface area contributed by atoms with Crippen LogP contribution in [0.2, 0.25) is 5.02 Å². The van der Waals surface area contributed by atoms with Gasteiger partial charge in [0.2, 0.25) is 21.8 Å². The number of hydrogen-bond donors (Lipinski definition) is 1. The van der Waals surface area contributed by atoms with E-state index in [2.05, 4.69) is 0 Å². The van der Waals surface area contributed by atoms with Crippen molar-refractivity contribution in [3.63, 3.8) is 0 Å². The molecule has 1 aliphatic heterocycles. The smallest absolute Gasteiger partial charge is 0.243 e. The van der Waals surface area contributed by atoms with Crippen LogP contribution in [-0.2, 0) is 19.6 Å². The molecule has 10 heteroatoms. The molecule has 2 rings (SSSR count). The van der Waals surface area contributed by atoms with Crippen molar-refractivity contribution >= 4 is 33.4 Å². The van der Waals surface area contributed by atoms with Crippen molar-refractivity contribution in [2.75, 3.05) is 33.3 Å². The van der Waals surface area contributed by atoms with Crippen LogP contribution in [-0.4, -0.2) is 62.7 Å². The van der Waals surface area contributed by atoms with Gasteiger partial charge in [-0.25, -0.2) is 8.42 Å². The van der Waals surface area contributed by atoms with Crippen molar-refractivity contribution in [2.45, 2.75) is 24.7 Å². The van der Waals surface area contributed by atoms with E-state index in [4.69, 9.17) is 22.1 Å². The molecule has 0 saturated carbocycles. The van der Waals surface area contributed by atoms with E-state index >= 15 is 0 Å². The van der Waals surface area contributed by atoms with Crippen LogP contribution in [0.4, 0.5) is 0 Å². The lowest BCUT2D eigenvalue weighted by molar-refractivity contribution is -0.134. The van der Waals surface area contributed by atoms with Gasteiger partial charge in [0.05, 0.1) is 23.1 Å². The van der Waals surface area contributed by atoms with Crippen LogP contribution in [0, 0.1) is 5.92 Å². The largest absolute Gasteiger partial charge is 0.492 e. The summed E-state index contributed by atoms with van der Waals surface area (Å²) in [6.07, 6.45) is 0.984. The van der Waals surface area contributed by atoms with Crippen LogP contribution in [0.15, 0.2) is 23.1 Å². The van der Waals surface area contributed by atoms with E-state index in [0.29, 0.717) is 38.3 Å². The molecule has 0 spiro atoms. The molecule has 27 heavy (non-hydrogen) atoms. The van der Waals surface area contributed by atoms with Gasteiger partial charge in [-0.15, -0.1) is 0 Å². The highest BCUT2D eigenvalue weighted by molar-refractivity contribution is 7.89. The normalized spacial score (nSPS) is 15.8. The monoisotopic (exact) mass is 417 g/mol. The molecule has 0 bridgehead atoms. The summed E-state index contributed by atoms with van der Waals surface area (Å²) in [7, 11) is -2.54. The zero-order valence-corrected chi connectivity index (χ0v) is 16.9. The SMILES string of the molecule is CCOc1ccc(S(=O)(=O)N(C)CC(=O)N2CCC(C(N)=O)CC2)cc1Cl. The number of carbonyl (C=O) groups is 2. The zero-order chi connectivity index (χ0) is 20.2. The van der Waals surface area contributed by atoms with Gasteiger partial charge in [0, 0.05) is 26.1 Å². The number of likely N-dealkylation sites (N-methyl/N-ethyl adjacent to an activating group) is 1. The fourth-order valence-electron chi connectivity index (χ4n) is 2.88. The number of halogens is 1. The Hall–Kier alpha value is -1.84. The van der Waals surface area contributed by atoms with Crippen molar-refractivity contribution < 1.29 is 22.7 Å². The van der Waals surface area contributed by atoms with Gasteiger partial charge in [-0.2, -0.15) is 4.31 Å². The summed E-state index contributed by atoms with van der Waals surface area (Å²) in [5.41, 5.74) is 5.28. The minimum atomic E-state index is -3.88. The maximum atomic E-state index is 12.7. The summed E-state index contributed by atoms with van der Waals surface area (Å²) in [5, 5.41) is 0.186. The van der Waals surface area contributed by atoms with Crippen molar-refractivity contribution in [2.24, 2.45) is 11.7 Å². The highest BCUT2D eigenvalue weighted by Gasteiger charge is 2.29. The van der Waals surface area contributed by atoms with Gasteiger partial charge in [-0.1, -0.05) is 11.6 Å². The minimum Gasteiger partial charge on any atom is -0.492 e. The molecule has 1 aromatic carbocycles. The first-order valence-corrected chi connectivity index (χ1v) is 10.4. The standard InChI is InChI=1S/C17H24ClN3O5S/c1-3-26-15-5-4-13(10-14(15)18)27(24,25)20(2)11-16(22)21-8-6-12(7-9-21)17(19)23/h4-5,10,12H,3,6-9,11H2,1-2H3,(H2,19,23). The Morgan fingerprint density at radius 3 is 2.48 bits per heavy atom. The number of sulfonamides is 1. The summed E-state index contributed by atoms with van der Waals surface area (Å²) in [5.74, 6) is -0.522. The first kappa shape index (κ1) is 21.5. The van der Waals surface area contributed by atoms with Crippen molar-refractivity contribution in [3.8, 4) is 5.75 Å². The van der Waals surface area contributed by atoms with Gasteiger partial charge >= 0.3 is 0 Å². The van der Waals surface area contributed by atoms with Crippen LogP contribution in [0.25, 0.3) is 0 Å². The number of rotatable bonds is 7. The van der Waals surface area contributed by atoms with Crippen LogP contribution in [0.3, 0.4) is 0 Å². The van der Waals surface area contributed by atoms with Crippen LogP contribution in [0.1, 0.15) is 19.8 Å². The van der Waals surface area contributed by atoms with Crippen molar-refractivity contribution in [3.05, 3.63) is 23.2 Å². The molecule has 0 unspecified atom stereocenters. The van der Waals surface area contributed by atoms with E-state index < -0.39 is 10.0 Å². The second-order valence-electron chi connectivity index (χ2n) is 6.34. The molecule has 1 heterocycles. The summed E-state index contributed by atoms with van der Waals surface area (Å²) in [6.45, 7) is 2.68. The Morgan fingerprint density at radius 1 is 1.33 bits per heavy atom. The number of benzene rings is 1. The molecule has 0 aliphatic carbocycles. The number of nitrogens with zero attached hydrogens (tertiary/aromatic N) is 2. The topological polar surface area (TPSA) is 110 Å². The quantitative estimate of drug-likeness (QED) is 0.713. The fraction of sp³-hybridized carbons (Fsp3) is 0.529. The Morgan fingerprint density at radius 2 is 1.96 bits per heavy atom. The highest BCUT2D eigenvalue weighted by atomic mass is 35.5. The van der Waals surface area contributed by atoms with Gasteiger partial charge in [0.25, 0.3) is 0 Å². The van der Waals surface area contributed by atoms with E-state index in [1.165, 1.54) is 25.2 Å². The van der Waals surface area contributed by atoms with Crippen molar-refractivity contribution in [1.29, 1.82) is 0 Å². The Bertz CT molecular complexity index is 807. The fourth-order valence-corrected chi connectivity index (χ4v) is 4.33. The average molecular weight is 418 g/mol. The molecule has 2 amide bonds. The predicted molar refractivity (Wildman–Crippen MR) is 101 cm³/mol. The Labute approximate surface area is 164 Å². The van der Waals surface area contributed by atoms with E-state index in [0.717, 1.165) is 4.31 Å². The molecule has 1 saturated heterocycles. The second-order valence-corrected chi connectivity index (χ2v) is 8.80. The highest BCUT2D eigenvalue weighted by Crippen LogP contribution is 2.28. The van der Waals surface area contributed by atoms with Gasteiger partial charge in [-0.3, -0.25) is 9.59 Å². The molecule has 150 valence electrons. The number of likely N-dealkylation sites (tertiary alicyclic amines) is 1. The summed E-state index contributed by atoms with van der Waals surface area (Å²) < 4.78 is 31.7. The third kappa shape index (κ3) is 5.12. The number of ether oxygens (including phenoxy) is 1. The molecule has 0 aromatic heterocycles. The number of nitrogens with two attached hydrogens (primary N) is 1. The summed E-state index contributed by atoms with van der Waals surface area (Å²) in [4.78, 5) is 25.2. The number of hydrogen-bond acceptors (Lipinski definition) is 5. The van der Waals surface area contributed by atoms with Gasteiger partial charge in [0.15, 0.2) is 0 Å². The number of piperidine rings is 1. The molecule has 1 aromatic rings. The summed E-state index contributed by atoms with van der Waals surface area (Å²) >= 11 is 6.06. The lowest BCUT2D eigenvalue weighted by Crippen LogP contribution is -2.46. The summed E-state index contributed by atoms with van der Waals surface area (Å²) in [6, 6.07) is 4.19. The lowest BCUT2D eigenvalue weighted by atomic mass is 9.96. The van der Waals surface area contributed by atoms with Crippen molar-refractivity contribution in [1.82, 2.24) is 9.21 Å². The first-order chi connectivity index (χ1) is 12.7. The number of primary amides is 1.